The Morgan fingerprint density at radius 1 is 1.57 bits per heavy atom. The zero-order chi connectivity index (χ0) is 5.15. The summed E-state index contributed by atoms with van der Waals surface area (Å²) in [5, 5.41) is 0.426. The van der Waals surface area contributed by atoms with Crippen LogP contribution in [0.25, 0.3) is 0 Å². The Bertz CT molecular complexity index is 64.0. The number of nitrogens with zero attached hydrogens (tertiary/aromatic N) is 1. The Balaban J connectivity index is 0. The molecule has 2 nitrogen and oxygen atoms in total. The fourth-order valence-corrected chi connectivity index (χ4v) is 0. The van der Waals surface area contributed by atoms with Crippen molar-refractivity contribution in [1.82, 2.24) is 4.90 Å². The summed E-state index contributed by atoms with van der Waals surface area (Å²) in [7, 11) is 3.62. The molecule has 0 bridgehead atoms. The van der Waals surface area contributed by atoms with Crippen LogP contribution in [0.15, 0.2) is 0 Å². The van der Waals surface area contributed by atoms with Gasteiger partial charge in [-0.15, -0.1) is 0 Å². The first-order chi connectivity index (χ1) is 2.64. The van der Waals surface area contributed by atoms with Crippen LogP contribution in [0.1, 0.15) is 0 Å². The summed E-state index contributed by atoms with van der Waals surface area (Å²) in [5.41, 5.74) is 5.09. The molecular formula is C3H8N2PtS. The van der Waals surface area contributed by atoms with Gasteiger partial charge in [-0.05, 0) is 12.2 Å². The third kappa shape index (κ3) is 6.38. The van der Waals surface area contributed by atoms with E-state index in [4.69, 9.17) is 5.73 Å². The van der Waals surface area contributed by atoms with Gasteiger partial charge in [0.2, 0.25) is 0 Å². The van der Waals surface area contributed by atoms with E-state index in [-0.39, 0.29) is 21.1 Å². The molecule has 2 N–H and O–H groups in total. The smallest absolute Gasteiger partial charge is 0.165 e. The standard InChI is InChI=1S/C3H8N2S.Pt/c1-5(2)3(4)6;/h1-2H3,(H2,4,6);. The fourth-order valence-electron chi connectivity index (χ4n) is 0. The SMILES string of the molecule is CN(C)C(N)=S.[Pt]. The van der Waals surface area contributed by atoms with Gasteiger partial charge in [0.25, 0.3) is 0 Å². The number of thiocarbonyl (C=S) groups is 1. The molecule has 46 valence electrons. The van der Waals surface area contributed by atoms with Crippen molar-refractivity contribution in [3.63, 3.8) is 0 Å². The van der Waals surface area contributed by atoms with Crippen LogP contribution in [-0.2, 0) is 21.1 Å². The third-order valence-electron chi connectivity index (χ3n) is 0.441. The summed E-state index contributed by atoms with van der Waals surface area (Å²) in [6.45, 7) is 0. The minimum absolute atomic E-state index is 0. The monoisotopic (exact) mass is 299 g/mol. The van der Waals surface area contributed by atoms with Gasteiger partial charge < -0.3 is 10.6 Å². The second kappa shape index (κ2) is 4.54. The van der Waals surface area contributed by atoms with E-state index >= 15 is 0 Å². The second-order valence-corrected chi connectivity index (χ2v) is 1.65. The van der Waals surface area contributed by atoms with Gasteiger partial charge in [0.05, 0.1) is 0 Å². The molecule has 0 spiro atoms. The van der Waals surface area contributed by atoms with Crippen LogP contribution in [0, 0.1) is 0 Å². The van der Waals surface area contributed by atoms with E-state index in [1.807, 2.05) is 14.1 Å². The maximum absolute atomic E-state index is 5.09. The molecule has 7 heavy (non-hydrogen) atoms. The number of hydrogen-bond acceptors (Lipinski definition) is 1. The van der Waals surface area contributed by atoms with E-state index in [0.717, 1.165) is 0 Å². The van der Waals surface area contributed by atoms with Crippen molar-refractivity contribution in [3.05, 3.63) is 0 Å². The summed E-state index contributed by atoms with van der Waals surface area (Å²) < 4.78 is 0. The molecule has 0 heterocycles. The normalized spacial score (nSPS) is 6.57. The van der Waals surface area contributed by atoms with Gasteiger partial charge in [-0.3, -0.25) is 0 Å². The summed E-state index contributed by atoms with van der Waals surface area (Å²) in [6, 6.07) is 0. The van der Waals surface area contributed by atoms with Gasteiger partial charge in [0, 0.05) is 35.2 Å². The van der Waals surface area contributed by atoms with Gasteiger partial charge in [0.1, 0.15) is 0 Å². The van der Waals surface area contributed by atoms with Crippen molar-refractivity contribution in [2.24, 2.45) is 5.73 Å². The quantitative estimate of drug-likeness (QED) is 0.628. The van der Waals surface area contributed by atoms with Gasteiger partial charge in [-0.1, -0.05) is 0 Å². The first kappa shape index (κ1) is 10.4. The van der Waals surface area contributed by atoms with E-state index in [2.05, 4.69) is 12.2 Å². The Kier molecular flexibility index (Phi) is 6.72. The molecule has 0 radical (unpaired) electrons. The van der Waals surface area contributed by atoms with Crippen LogP contribution in [-0.4, -0.2) is 24.1 Å². The Hall–Kier alpha value is 0.378. The topological polar surface area (TPSA) is 29.3 Å². The Morgan fingerprint density at radius 2 is 1.71 bits per heavy atom. The van der Waals surface area contributed by atoms with E-state index in [9.17, 15) is 0 Å². The largest absolute Gasteiger partial charge is 0.376 e. The molecule has 0 amide bonds. The van der Waals surface area contributed by atoms with Crippen molar-refractivity contribution >= 4 is 17.3 Å². The van der Waals surface area contributed by atoms with Gasteiger partial charge in [0.15, 0.2) is 5.11 Å². The number of nitrogens with two attached hydrogens (primary N) is 1. The molecule has 0 saturated heterocycles. The average molecular weight is 299 g/mol. The Morgan fingerprint density at radius 3 is 1.71 bits per heavy atom. The first-order valence-electron chi connectivity index (χ1n) is 1.61. The van der Waals surface area contributed by atoms with E-state index in [1.165, 1.54) is 0 Å². The Labute approximate surface area is 63.3 Å². The molecule has 0 fully saturated rings. The molecule has 0 aromatic heterocycles. The summed E-state index contributed by atoms with van der Waals surface area (Å²) >= 11 is 4.52. The maximum Gasteiger partial charge on any atom is 0.165 e. The van der Waals surface area contributed by atoms with Gasteiger partial charge >= 0.3 is 0 Å². The van der Waals surface area contributed by atoms with Crippen LogP contribution >= 0.6 is 12.2 Å². The first-order valence-corrected chi connectivity index (χ1v) is 2.02. The molecule has 0 aromatic rings. The summed E-state index contributed by atoms with van der Waals surface area (Å²) in [6.07, 6.45) is 0. The zero-order valence-corrected chi connectivity index (χ0v) is 7.34. The van der Waals surface area contributed by atoms with Crippen LogP contribution in [0.3, 0.4) is 0 Å². The predicted octanol–water partition coefficient (Wildman–Crippen LogP) is -0.211. The molecule has 0 atom stereocenters. The summed E-state index contributed by atoms with van der Waals surface area (Å²) in [5.74, 6) is 0. The van der Waals surface area contributed by atoms with E-state index in [1.54, 1.807) is 4.90 Å². The van der Waals surface area contributed by atoms with Crippen molar-refractivity contribution in [2.45, 2.75) is 0 Å². The van der Waals surface area contributed by atoms with Crippen LogP contribution < -0.4 is 5.73 Å². The van der Waals surface area contributed by atoms with E-state index < -0.39 is 0 Å². The second-order valence-electron chi connectivity index (χ2n) is 1.23. The molecule has 4 heteroatoms. The van der Waals surface area contributed by atoms with Crippen molar-refractivity contribution in [3.8, 4) is 0 Å². The van der Waals surface area contributed by atoms with Crippen LogP contribution in [0.4, 0.5) is 0 Å². The predicted molar refractivity (Wildman–Crippen MR) is 30.5 cm³/mol. The molecule has 0 aliphatic heterocycles. The number of rotatable bonds is 0. The molecular weight excluding hydrogens is 291 g/mol. The molecule has 0 aromatic carbocycles. The molecule has 0 rings (SSSR count). The van der Waals surface area contributed by atoms with Crippen molar-refractivity contribution in [1.29, 1.82) is 0 Å². The zero-order valence-electron chi connectivity index (χ0n) is 4.25. The van der Waals surface area contributed by atoms with Crippen LogP contribution in [0.2, 0.25) is 0 Å². The van der Waals surface area contributed by atoms with E-state index in [0.29, 0.717) is 5.11 Å². The average Bonchev–Trinajstić information content (AvgIpc) is 1.36. The van der Waals surface area contributed by atoms with Gasteiger partial charge in [-0.2, -0.15) is 0 Å². The molecule has 0 saturated carbocycles. The van der Waals surface area contributed by atoms with Crippen molar-refractivity contribution < 1.29 is 21.1 Å². The molecule has 0 aliphatic rings. The summed E-state index contributed by atoms with van der Waals surface area (Å²) in [4.78, 5) is 1.68. The minimum Gasteiger partial charge on any atom is -0.376 e. The third-order valence-corrected chi connectivity index (χ3v) is 0.806. The minimum atomic E-state index is 0. The van der Waals surface area contributed by atoms with Gasteiger partial charge in [-0.25, -0.2) is 0 Å². The van der Waals surface area contributed by atoms with Crippen molar-refractivity contribution in [2.75, 3.05) is 14.1 Å². The maximum atomic E-state index is 5.09. The molecule has 0 aliphatic carbocycles. The van der Waals surface area contributed by atoms with Crippen LogP contribution in [0.5, 0.6) is 0 Å². The fraction of sp³-hybridized carbons (Fsp3) is 0.667. The number of hydrogen-bond donors (Lipinski definition) is 1. The molecule has 0 unspecified atom stereocenters.